The number of anilines is 1. The molecule has 1 aliphatic heterocycles. The van der Waals surface area contributed by atoms with Crippen molar-refractivity contribution < 1.29 is 19.1 Å². The van der Waals surface area contributed by atoms with Gasteiger partial charge in [0, 0.05) is 27.7 Å². The van der Waals surface area contributed by atoms with Crippen LogP contribution in [0.2, 0.25) is 5.02 Å². The molecule has 5 rings (SSSR count). The van der Waals surface area contributed by atoms with Crippen LogP contribution in [0.5, 0.6) is 5.75 Å². The lowest BCUT2D eigenvalue weighted by Gasteiger charge is -2.26. The van der Waals surface area contributed by atoms with Gasteiger partial charge in [-0.1, -0.05) is 55.8 Å². The number of fused-ring (bicyclic) bond motifs is 1. The Labute approximate surface area is 231 Å². The number of hydrogen-bond acceptors (Lipinski definition) is 4. The number of hydrogen-bond donors (Lipinski definition) is 1. The largest absolute Gasteiger partial charge is 0.492 e. The number of urea groups is 1. The van der Waals surface area contributed by atoms with Gasteiger partial charge >= 0.3 is 6.03 Å². The van der Waals surface area contributed by atoms with Crippen LogP contribution in [-0.2, 0) is 16.1 Å². The molecule has 7 nitrogen and oxygen atoms in total. The van der Waals surface area contributed by atoms with Gasteiger partial charge in [0.25, 0.3) is 11.8 Å². The zero-order valence-corrected chi connectivity index (χ0v) is 22.4. The van der Waals surface area contributed by atoms with Crippen molar-refractivity contribution in [3.63, 3.8) is 0 Å². The summed E-state index contributed by atoms with van der Waals surface area (Å²) >= 11 is 5.95. The summed E-state index contributed by atoms with van der Waals surface area (Å²) in [6.45, 7) is 5.38. The summed E-state index contributed by atoms with van der Waals surface area (Å²) in [5, 5.41) is 3.61. The van der Waals surface area contributed by atoms with Crippen LogP contribution in [-0.4, -0.2) is 29.0 Å². The Balaban J connectivity index is 1.39. The van der Waals surface area contributed by atoms with E-state index in [-0.39, 0.29) is 5.57 Å². The van der Waals surface area contributed by atoms with Crippen molar-refractivity contribution in [1.82, 2.24) is 9.88 Å². The summed E-state index contributed by atoms with van der Waals surface area (Å²) in [7, 11) is 0. The minimum Gasteiger partial charge on any atom is -0.492 e. The van der Waals surface area contributed by atoms with E-state index in [1.807, 2.05) is 47.2 Å². The second-order valence-electron chi connectivity index (χ2n) is 9.46. The molecule has 1 aliphatic rings. The zero-order chi connectivity index (χ0) is 27.5. The fourth-order valence-corrected chi connectivity index (χ4v) is 4.73. The van der Waals surface area contributed by atoms with Crippen molar-refractivity contribution >= 4 is 52.1 Å². The topological polar surface area (TPSA) is 80.6 Å². The smallest absolute Gasteiger partial charge is 0.335 e. The van der Waals surface area contributed by atoms with E-state index in [0.717, 1.165) is 28.0 Å². The van der Waals surface area contributed by atoms with Crippen LogP contribution in [0.3, 0.4) is 0 Å². The van der Waals surface area contributed by atoms with E-state index in [0.29, 0.717) is 35.3 Å². The molecule has 0 aliphatic carbocycles. The van der Waals surface area contributed by atoms with Crippen LogP contribution < -0.4 is 15.0 Å². The standard InChI is InChI=1S/C31H28ClN3O4/c1-3-20(2)21-8-14-25(15-9-21)39-17-16-34-19-22(26-6-4-5-7-28(26)34)18-27-29(36)33-31(38)35(30(27)37)24-12-10-23(32)11-13-24/h4-15,18-20H,3,16-17H2,1-2H3,(H,33,36,38)/b27-18-. The molecule has 0 saturated carbocycles. The number of aromatic nitrogens is 1. The molecule has 1 unspecified atom stereocenters. The van der Waals surface area contributed by atoms with Gasteiger partial charge in [-0.25, -0.2) is 9.69 Å². The van der Waals surface area contributed by atoms with Gasteiger partial charge in [0.2, 0.25) is 0 Å². The third-order valence-electron chi connectivity index (χ3n) is 6.97. The van der Waals surface area contributed by atoms with Crippen molar-refractivity contribution in [3.05, 3.63) is 101 Å². The first-order valence-corrected chi connectivity index (χ1v) is 13.2. The lowest BCUT2D eigenvalue weighted by molar-refractivity contribution is -0.122. The number of nitrogens with zero attached hydrogens (tertiary/aromatic N) is 2. The second kappa shape index (κ2) is 11.2. The molecule has 0 radical (unpaired) electrons. The van der Waals surface area contributed by atoms with Gasteiger partial charge in [0.05, 0.1) is 12.2 Å². The Morgan fingerprint density at radius 1 is 0.974 bits per heavy atom. The third kappa shape index (κ3) is 5.45. The summed E-state index contributed by atoms with van der Waals surface area (Å²) in [5.41, 5.74) is 3.10. The number of barbiturate groups is 1. The highest BCUT2D eigenvalue weighted by atomic mass is 35.5. The van der Waals surface area contributed by atoms with Crippen LogP contribution in [0.1, 0.15) is 37.3 Å². The predicted octanol–water partition coefficient (Wildman–Crippen LogP) is 6.55. The van der Waals surface area contributed by atoms with Gasteiger partial charge in [-0.3, -0.25) is 14.9 Å². The molecule has 1 saturated heterocycles. The van der Waals surface area contributed by atoms with E-state index >= 15 is 0 Å². The average Bonchev–Trinajstić information content (AvgIpc) is 3.29. The lowest BCUT2D eigenvalue weighted by atomic mass is 9.99. The molecule has 4 amide bonds. The van der Waals surface area contributed by atoms with Crippen molar-refractivity contribution in [2.75, 3.05) is 11.5 Å². The first-order valence-electron chi connectivity index (χ1n) is 12.8. The van der Waals surface area contributed by atoms with E-state index in [1.165, 1.54) is 11.6 Å². The van der Waals surface area contributed by atoms with E-state index in [4.69, 9.17) is 16.3 Å². The summed E-state index contributed by atoms with van der Waals surface area (Å²) in [5.74, 6) is -0.132. The number of halogens is 1. The fourth-order valence-electron chi connectivity index (χ4n) is 4.60. The maximum absolute atomic E-state index is 13.3. The quantitative estimate of drug-likeness (QED) is 0.202. The zero-order valence-electron chi connectivity index (χ0n) is 21.7. The number of amides is 4. The van der Waals surface area contributed by atoms with E-state index in [9.17, 15) is 14.4 Å². The van der Waals surface area contributed by atoms with E-state index in [1.54, 1.807) is 24.3 Å². The SMILES string of the molecule is CCC(C)c1ccc(OCCn2cc(/C=C3/C(=O)NC(=O)N(c4ccc(Cl)cc4)C3=O)c3ccccc32)cc1. The molecule has 1 atom stereocenters. The maximum atomic E-state index is 13.3. The molecule has 1 fully saturated rings. The molecule has 0 spiro atoms. The molecule has 4 aromatic rings. The highest BCUT2D eigenvalue weighted by Crippen LogP contribution is 2.28. The molecular formula is C31H28ClN3O4. The molecule has 8 heteroatoms. The predicted molar refractivity (Wildman–Crippen MR) is 153 cm³/mol. The Hall–Kier alpha value is -4.36. The summed E-state index contributed by atoms with van der Waals surface area (Å²) in [6.07, 6.45) is 4.50. The van der Waals surface area contributed by atoms with Gasteiger partial charge < -0.3 is 9.30 Å². The molecule has 3 aromatic carbocycles. The molecular weight excluding hydrogens is 514 g/mol. The number of rotatable bonds is 8. The molecule has 1 N–H and O–H groups in total. The van der Waals surface area contributed by atoms with Gasteiger partial charge in [-0.2, -0.15) is 0 Å². The maximum Gasteiger partial charge on any atom is 0.335 e. The third-order valence-corrected chi connectivity index (χ3v) is 7.22. The fraction of sp³-hybridized carbons (Fsp3) is 0.194. The van der Waals surface area contributed by atoms with Crippen molar-refractivity contribution in [2.24, 2.45) is 0 Å². The van der Waals surface area contributed by atoms with E-state index < -0.39 is 17.8 Å². The van der Waals surface area contributed by atoms with Crippen molar-refractivity contribution in [3.8, 4) is 5.75 Å². The normalized spacial score (nSPS) is 15.6. The Kier molecular flexibility index (Phi) is 7.52. The van der Waals surface area contributed by atoms with Crippen molar-refractivity contribution in [2.45, 2.75) is 32.7 Å². The number of nitrogens with one attached hydrogen (secondary N) is 1. The minimum atomic E-state index is -0.804. The summed E-state index contributed by atoms with van der Waals surface area (Å²) in [4.78, 5) is 39.5. The van der Waals surface area contributed by atoms with E-state index in [2.05, 4.69) is 31.3 Å². The second-order valence-corrected chi connectivity index (χ2v) is 9.89. The molecule has 2 heterocycles. The highest BCUT2D eigenvalue weighted by molar-refractivity contribution is 6.39. The van der Waals surface area contributed by atoms with Crippen LogP contribution in [0.25, 0.3) is 17.0 Å². The number of benzene rings is 3. The van der Waals surface area contributed by atoms with Gasteiger partial charge in [-0.05, 0) is 66.4 Å². The van der Waals surface area contributed by atoms with Crippen LogP contribution in [0.4, 0.5) is 10.5 Å². The van der Waals surface area contributed by atoms with Crippen LogP contribution in [0, 0.1) is 0 Å². The molecule has 0 bridgehead atoms. The van der Waals surface area contributed by atoms with Gasteiger partial charge in [0.1, 0.15) is 17.9 Å². The number of carbonyl (C=O) groups is 3. The minimum absolute atomic E-state index is 0.134. The molecule has 39 heavy (non-hydrogen) atoms. The van der Waals surface area contributed by atoms with Crippen LogP contribution >= 0.6 is 11.6 Å². The highest BCUT2D eigenvalue weighted by Gasteiger charge is 2.37. The number of imide groups is 2. The number of ether oxygens (including phenoxy) is 1. The van der Waals surface area contributed by atoms with Crippen LogP contribution in [0.15, 0.2) is 84.6 Å². The lowest BCUT2D eigenvalue weighted by Crippen LogP contribution is -2.54. The molecule has 198 valence electrons. The summed E-state index contributed by atoms with van der Waals surface area (Å²) < 4.78 is 8.03. The molecule has 1 aromatic heterocycles. The van der Waals surface area contributed by atoms with Gasteiger partial charge in [0.15, 0.2) is 0 Å². The first kappa shape index (κ1) is 26.3. The Bertz CT molecular complexity index is 1570. The Morgan fingerprint density at radius 3 is 2.41 bits per heavy atom. The van der Waals surface area contributed by atoms with Gasteiger partial charge in [-0.15, -0.1) is 0 Å². The summed E-state index contributed by atoms with van der Waals surface area (Å²) in [6, 6.07) is 21.4. The number of para-hydroxylation sites is 1. The Morgan fingerprint density at radius 2 is 1.69 bits per heavy atom. The number of carbonyl (C=O) groups excluding carboxylic acids is 3. The first-order chi connectivity index (χ1) is 18.9. The monoisotopic (exact) mass is 541 g/mol. The van der Waals surface area contributed by atoms with Crippen molar-refractivity contribution in [1.29, 1.82) is 0 Å². The average molecular weight is 542 g/mol.